The van der Waals surface area contributed by atoms with Crippen molar-refractivity contribution in [1.29, 1.82) is 5.26 Å². The molecule has 1 heterocycles. The zero-order chi connectivity index (χ0) is 17.9. The van der Waals surface area contributed by atoms with Crippen molar-refractivity contribution in [2.24, 2.45) is 0 Å². The highest BCUT2D eigenvalue weighted by atomic mass is 32.2. The van der Waals surface area contributed by atoms with Gasteiger partial charge in [0.1, 0.15) is 0 Å². The smallest absolute Gasteiger partial charge is 0.338 e. The highest BCUT2D eigenvalue weighted by Gasteiger charge is 2.35. The van der Waals surface area contributed by atoms with E-state index in [1.54, 1.807) is 12.1 Å². The maximum Gasteiger partial charge on any atom is 0.338 e. The Morgan fingerprint density at radius 2 is 2.12 bits per heavy atom. The molecule has 1 aliphatic rings. The summed E-state index contributed by atoms with van der Waals surface area (Å²) in [5.74, 6) is -1.17. The fourth-order valence-electron chi connectivity index (χ4n) is 2.54. The first-order valence-electron chi connectivity index (χ1n) is 7.42. The van der Waals surface area contributed by atoms with Gasteiger partial charge in [0, 0.05) is 13.1 Å². The lowest BCUT2D eigenvalue weighted by atomic mass is 10.1. The number of hydrogen-bond donors (Lipinski definition) is 0. The highest BCUT2D eigenvalue weighted by Crippen LogP contribution is 2.18. The summed E-state index contributed by atoms with van der Waals surface area (Å²) in [5.41, 5.74) is 0.497. The van der Waals surface area contributed by atoms with Crippen LogP contribution in [-0.4, -0.2) is 55.9 Å². The lowest BCUT2D eigenvalue weighted by molar-refractivity contribution is -0.140. The monoisotopic (exact) mass is 350 g/mol. The normalized spacial score (nSPS) is 20.0. The third-order valence-corrected chi connectivity index (χ3v) is 5.71. The van der Waals surface area contributed by atoms with Crippen molar-refractivity contribution in [3.63, 3.8) is 0 Å². The molecule has 1 amide bonds. The van der Waals surface area contributed by atoms with Crippen molar-refractivity contribution < 1.29 is 22.7 Å². The van der Waals surface area contributed by atoms with Gasteiger partial charge >= 0.3 is 5.97 Å². The van der Waals surface area contributed by atoms with Crippen LogP contribution in [0.15, 0.2) is 24.3 Å². The van der Waals surface area contributed by atoms with E-state index in [1.807, 2.05) is 6.07 Å². The van der Waals surface area contributed by atoms with E-state index in [4.69, 9.17) is 10.00 Å². The van der Waals surface area contributed by atoms with Crippen LogP contribution in [-0.2, 0) is 19.4 Å². The van der Waals surface area contributed by atoms with Gasteiger partial charge in [0.15, 0.2) is 15.9 Å². The predicted molar refractivity (Wildman–Crippen MR) is 85.9 cm³/mol. The second kappa shape index (κ2) is 7.01. The fraction of sp³-hybridized carbons (Fsp3) is 0.438. The van der Waals surface area contributed by atoms with Crippen LogP contribution in [0, 0.1) is 11.3 Å². The number of esters is 1. The van der Waals surface area contributed by atoms with Gasteiger partial charge in [-0.25, -0.2) is 13.2 Å². The topological polar surface area (TPSA) is 105 Å². The molecule has 1 aliphatic heterocycles. The summed E-state index contributed by atoms with van der Waals surface area (Å²) < 4.78 is 28.2. The van der Waals surface area contributed by atoms with Crippen molar-refractivity contribution in [1.82, 2.24) is 4.90 Å². The molecule has 2 atom stereocenters. The van der Waals surface area contributed by atoms with Crippen molar-refractivity contribution in [3.8, 4) is 6.07 Å². The molecule has 0 unspecified atom stereocenters. The third-order valence-electron chi connectivity index (χ3n) is 3.96. The number of carbonyl (C=O) groups is 2. The van der Waals surface area contributed by atoms with Crippen LogP contribution in [0.5, 0.6) is 0 Å². The van der Waals surface area contributed by atoms with E-state index in [1.165, 1.54) is 31.0 Å². The van der Waals surface area contributed by atoms with E-state index in [0.29, 0.717) is 12.0 Å². The number of benzene rings is 1. The number of ether oxygens (including phenoxy) is 1. The number of rotatable bonds is 4. The Labute approximate surface area is 140 Å². The zero-order valence-electron chi connectivity index (χ0n) is 13.4. The number of sulfone groups is 1. The molecular weight excluding hydrogens is 332 g/mol. The molecule has 0 saturated carbocycles. The second-order valence-electron chi connectivity index (χ2n) is 5.75. The van der Waals surface area contributed by atoms with Gasteiger partial charge in [-0.2, -0.15) is 5.26 Å². The molecule has 8 heteroatoms. The Kier molecular flexibility index (Phi) is 5.24. The molecule has 1 fully saturated rings. The molecule has 0 aliphatic carbocycles. The zero-order valence-corrected chi connectivity index (χ0v) is 14.2. The maximum absolute atomic E-state index is 12.3. The standard InChI is InChI=1S/C16H18N2O5S/c1-11(15(19)18(2)14-6-7-24(21,22)10-14)23-16(20)13-5-3-4-12(8-13)9-17/h3-5,8,11,14H,6-7,10H2,1-2H3/t11-,14+/m0/s1. The summed E-state index contributed by atoms with van der Waals surface area (Å²) in [5, 5.41) is 8.84. The summed E-state index contributed by atoms with van der Waals surface area (Å²) in [4.78, 5) is 25.7. The van der Waals surface area contributed by atoms with Gasteiger partial charge < -0.3 is 9.64 Å². The number of carbonyl (C=O) groups excluding carboxylic acids is 2. The molecular formula is C16H18N2O5S. The summed E-state index contributed by atoms with van der Waals surface area (Å²) >= 11 is 0. The van der Waals surface area contributed by atoms with Gasteiger partial charge in [-0.15, -0.1) is 0 Å². The van der Waals surface area contributed by atoms with E-state index < -0.39 is 33.9 Å². The third kappa shape index (κ3) is 4.11. The van der Waals surface area contributed by atoms with Gasteiger partial charge in [-0.1, -0.05) is 6.07 Å². The maximum atomic E-state index is 12.3. The van der Waals surface area contributed by atoms with Crippen LogP contribution in [0.25, 0.3) is 0 Å². The van der Waals surface area contributed by atoms with Gasteiger partial charge in [0.05, 0.1) is 28.7 Å². The Morgan fingerprint density at radius 3 is 2.71 bits per heavy atom. The number of amides is 1. The van der Waals surface area contributed by atoms with Gasteiger partial charge in [-0.05, 0) is 31.5 Å². The molecule has 2 rings (SSSR count). The predicted octanol–water partition coefficient (Wildman–Crippen LogP) is 0.749. The van der Waals surface area contributed by atoms with Crippen molar-refractivity contribution in [3.05, 3.63) is 35.4 Å². The molecule has 1 aromatic carbocycles. The Hall–Kier alpha value is -2.40. The van der Waals surface area contributed by atoms with Crippen molar-refractivity contribution in [2.45, 2.75) is 25.5 Å². The molecule has 7 nitrogen and oxygen atoms in total. The van der Waals surface area contributed by atoms with E-state index in [2.05, 4.69) is 0 Å². The second-order valence-corrected chi connectivity index (χ2v) is 7.97. The SMILES string of the molecule is C[C@H](OC(=O)c1cccc(C#N)c1)C(=O)N(C)[C@@H]1CCS(=O)(=O)C1. The lowest BCUT2D eigenvalue weighted by Crippen LogP contribution is -2.44. The molecule has 0 N–H and O–H groups in total. The van der Waals surface area contributed by atoms with Crippen molar-refractivity contribution in [2.75, 3.05) is 18.6 Å². The summed E-state index contributed by atoms with van der Waals surface area (Å²) in [7, 11) is -1.60. The summed E-state index contributed by atoms with van der Waals surface area (Å²) in [6, 6.07) is 7.51. The van der Waals surface area contributed by atoms with Crippen LogP contribution in [0.3, 0.4) is 0 Å². The first kappa shape index (κ1) is 17.9. The molecule has 0 aromatic heterocycles. The number of nitriles is 1. The Balaban J connectivity index is 2.00. The molecule has 1 aromatic rings. The van der Waals surface area contributed by atoms with Gasteiger partial charge in [0.25, 0.3) is 5.91 Å². The van der Waals surface area contributed by atoms with E-state index in [0.717, 1.165) is 0 Å². The van der Waals surface area contributed by atoms with Crippen LogP contribution in [0.4, 0.5) is 0 Å². The summed E-state index contributed by atoms with van der Waals surface area (Å²) in [6.07, 6.45) is -0.660. The molecule has 0 bridgehead atoms. The molecule has 24 heavy (non-hydrogen) atoms. The van der Waals surface area contributed by atoms with E-state index in [9.17, 15) is 18.0 Å². The first-order chi connectivity index (χ1) is 11.2. The Bertz CT molecular complexity index is 797. The van der Waals surface area contributed by atoms with E-state index >= 15 is 0 Å². The van der Waals surface area contributed by atoms with Gasteiger partial charge in [-0.3, -0.25) is 4.79 Å². The average molecular weight is 350 g/mol. The molecule has 1 saturated heterocycles. The molecule has 128 valence electrons. The summed E-state index contributed by atoms with van der Waals surface area (Å²) in [6.45, 7) is 1.44. The minimum Gasteiger partial charge on any atom is -0.449 e. The van der Waals surface area contributed by atoms with Crippen molar-refractivity contribution >= 4 is 21.7 Å². The fourth-order valence-corrected chi connectivity index (χ4v) is 4.32. The van der Waals surface area contributed by atoms with Crippen LogP contribution in [0.1, 0.15) is 29.3 Å². The van der Waals surface area contributed by atoms with Crippen LogP contribution < -0.4 is 0 Å². The lowest BCUT2D eigenvalue weighted by Gasteiger charge is -2.26. The highest BCUT2D eigenvalue weighted by molar-refractivity contribution is 7.91. The molecule has 0 spiro atoms. The minimum atomic E-state index is -3.11. The number of nitrogens with zero attached hydrogens (tertiary/aromatic N) is 2. The first-order valence-corrected chi connectivity index (χ1v) is 9.24. The quantitative estimate of drug-likeness (QED) is 0.742. The average Bonchev–Trinajstić information content (AvgIpc) is 2.93. The largest absolute Gasteiger partial charge is 0.449 e. The number of hydrogen-bond acceptors (Lipinski definition) is 6. The van der Waals surface area contributed by atoms with Crippen LogP contribution in [0.2, 0.25) is 0 Å². The minimum absolute atomic E-state index is 0.0599. The van der Waals surface area contributed by atoms with Crippen LogP contribution >= 0.6 is 0 Å². The Morgan fingerprint density at radius 1 is 1.42 bits per heavy atom. The number of likely N-dealkylation sites (N-methyl/N-ethyl adjacent to an activating group) is 1. The molecule has 0 radical (unpaired) electrons. The van der Waals surface area contributed by atoms with Gasteiger partial charge in [0.2, 0.25) is 0 Å². The van der Waals surface area contributed by atoms with E-state index in [-0.39, 0.29) is 17.1 Å².